The van der Waals surface area contributed by atoms with E-state index in [1.54, 1.807) is 4.57 Å². The van der Waals surface area contributed by atoms with E-state index in [4.69, 9.17) is 0 Å². The summed E-state index contributed by atoms with van der Waals surface area (Å²) in [4.78, 5) is 16.9. The largest absolute Gasteiger partial charge is 0.355 e. The van der Waals surface area contributed by atoms with E-state index in [0.717, 1.165) is 30.8 Å². The molecule has 0 saturated heterocycles. The van der Waals surface area contributed by atoms with E-state index in [1.807, 2.05) is 37.3 Å². The Morgan fingerprint density at radius 3 is 2.83 bits per heavy atom. The van der Waals surface area contributed by atoms with Crippen molar-refractivity contribution in [2.24, 2.45) is 0 Å². The molecule has 0 amide bonds. The molecule has 1 aliphatic rings. The summed E-state index contributed by atoms with van der Waals surface area (Å²) in [5.74, 6) is 0.690. The first-order valence-electron chi connectivity index (χ1n) is 6.18. The van der Waals surface area contributed by atoms with E-state index in [2.05, 4.69) is 10.3 Å². The molecule has 0 aliphatic carbocycles. The van der Waals surface area contributed by atoms with Gasteiger partial charge in [-0.05, 0) is 13.3 Å². The lowest BCUT2D eigenvalue weighted by Gasteiger charge is -2.20. The normalized spacial score (nSPS) is 13.8. The Hall–Kier alpha value is -2.10. The zero-order chi connectivity index (χ0) is 12.5. The molecular weight excluding hydrogens is 226 g/mol. The van der Waals surface area contributed by atoms with Gasteiger partial charge in [0, 0.05) is 24.2 Å². The Balaban J connectivity index is 2.23. The molecule has 3 rings (SSSR count). The molecular formula is C14H15N3O. The lowest BCUT2D eigenvalue weighted by atomic mass is 10.1. The van der Waals surface area contributed by atoms with E-state index in [0.29, 0.717) is 11.5 Å². The van der Waals surface area contributed by atoms with Gasteiger partial charge in [0.05, 0.1) is 5.69 Å². The fraction of sp³-hybridized carbons (Fsp3) is 0.286. The van der Waals surface area contributed by atoms with Crippen LogP contribution in [0.5, 0.6) is 0 Å². The van der Waals surface area contributed by atoms with Crippen LogP contribution in [0.2, 0.25) is 0 Å². The van der Waals surface area contributed by atoms with Gasteiger partial charge in [0.15, 0.2) is 0 Å². The van der Waals surface area contributed by atoms with Crippen molar-refractivity contribution in [1.82, 2.24) is 9.55 Å². The second-order valence-electron chi connectivity index (χ2n) is 4.51. The minimum Gasteiger partial charge on any atom is -0.355 e. The van der Waals surface area contributed by atoms with Crippen LogP contribution in [0, 0.1) is 6.92 Å². The van der Waals surface area contributed by atoms with E-state index < -0.39 is 0 Å². The third-order valence-electron chi connectivity index (χ3n) is 3.28. The van der Waals surface area contributed by atoms with E-state index in [9.17, 15) is 4.79 Å². The molecule has 0 bridgehead atoms. The Labute approximate surface area is 105 Å². The average molecular weight is 241 g/mol. The van der Waals surface area contributed by atoms with Gasteiger partial charge in [0.2, 0.25) is 5.95 Å². The molecule has 0 fully saturated rings. The first kappa shape index (κ1) is 11.0. The molecule has 92 valence electrons. The van der Waals surface area contributed by atoms with E-state index >= 15 is 0 Å². The lowest BCUT2D eigenvalue weighted by molar-refractivity contribution is 0.594. The molecule has 0 unspecified atom stereocenters. The fourth-order valence-electron chi connectivity index (χ4n) is 2.31. The fourth-order valence-corrected chi connectivity index (χ4v) is 2.31. The molecule has 0 spiro atoms. The van der Waals surface area contributed by atoms with Crippen molar-refractivity contribution >= 4 is 5.95 Å². The maximum Gasteiger partial charge on any atom is 0.258 e. The van der Waals surface area contributed by atoms with Gasteiger partial charge in [-0.25, -0.2) is 4.98 Å². The number of anilines is 1. The summed E-state index contributed by atoms with van der Waals surface area (Å²) in [5.41, 5.74) is 2.55. The molecule has 4 heteroatoms. The first-order valence-corrected chi connectivity index (χ1v) is 6.18. The van der Waals surface area contributed by atoms with Crippen molar-refractivity contribution in [3.05, 3.63) is 46.2 Å². The van der Waals surface area contributed by atoms with Crippen LogP contribution in [-0.4, -0.2) is 16.1 Å². The number of hydrogen-bond donors (Lipinski definition) is 1. The van der Waals surface area contributed by atoms with Crippen molar-refractivity contribution in [2.75, 3.05) is 11.9 Å². The Morgan fingerprint density at radius 1 is 1.28 bits per heavy atom. The highest BCUT2D eigenvalue weighted by atomic mass is 16.1. The molecule has 0 atom stereocenters. The molecule has 4 nitrogen and oxygen atoms in total. The van der Waals surface area contributed by atoms with Crippen LogP contribution in [0.15, 0.2) is 35.1 Å². The highest BCUT2D eigenvalue weighted by Gasteiger charge is 2.16. The lowest BCUT2D eigenvalue weighted by Crippen LogP contribution is -2.32. The van der Waals surface area contributed by atoms with Gasteiger partial charge in [-0.1, -0.05) is 30.3 Å². The summed E-state index contributed by atoms with van der Waals surface area (Å²) in [5, 5.41) is 3.19. The van der Waals surface area contributed by atoms with Gasteiger partial charge >= 0.3 is 0 Å². The monoisotopic (exact) mass is 241 g/mol. The van der Waals surface area contributed by atoms with Gasteiger partial charge < -0.3 is 5.32 Å². The van der Waals surface area contributed by atoms with Gasteiger partial charge in [-0.2, -0.15) is 0 Å². The van der Waals surface area contributed by atoms with Crippen LogP contribution in [0.4, 0.5) is 5.95 Å². The van der Waals surface area contributed by atoms with Gasteiger partial charge in [-0.15, -0.1) is 0 Å². The zero-order valence-corrected chi connectivity index (χ0v) is 10.3. The van der Waals surface area contributed by atoms with Gasteiger partial charge in [0.25, 0.3) is 5.56 Å². The van der Waals surface area contributed by atoms with Crippen LogP contribution in [0.1, 0.15) is 12.0 Å². The maximum absolute atomic E-state index is 12.3. The number of nitrogens with one attached hydrogen (secondary N) is 1. The number of nitrogens with zero attached hydrogens (tertiary/aromatic N) is 2. The van der Waals surface area contributed by atoms with Crippen LogP contribution in [-0.2, 0) is 6.54 Å². The highest BCUT2D eigenvalue weighted by molar-refractivity contribution is 5.63. The minimum absolute atomic E-state index is 0.0612. The van der Waals surface area contributed by atoms with Crippen LogP contribution < -0.4 is 10.9 Å². The standard InChI is InChI=1S/C14H15N3O/c1-10-12(11-6-3-2-4-7-11)16-14-15-8-5-9-17(14)13(10)18/h2-4,6-7H,5,8-9H2,1H3,(H,15,16). The molecule has 0 radical (unpaired) electrons. The SMILES string of the molecule is Cc1c(-c2ccccc2)nc2n(c1=O)CCCN2. The van der Waals surface area contributed by atoms with Gasteiger partial charge in [0.1, 0.15) is 0 Å². The predicted octanol–water partition coefficient (Wildman–Crippen LogP) is 2.03. The second kappa shape index (κ2) is 4.29. The topological polar surface area (TPSA) is 46.9 Å². The van der Waals surface area contributed by atoms with Crippen LogP contribution >= 0.6 is 0 Å². The van der Waals surface area contributed by atoms with Gasteiger partial charge in [-0.3, -0.25) is 9.36 Å². The average Bonchev–Trinajstić information content (AvgIpc) is 2.44. The second-order valence-corrected chi connectivity index (χ2v) is 4.51. The minimum atomic E-state index is 0.0612. The van der Waals surface area contributed by atoms with Crippen LogP contribution in [0.25, 0.3) is 11.3 Å². The summed E-state index contributed by atoms with van der Waals surface area (Å²) in [6, 6.07) is 9.84. The number of rotatable bonds is 1. The molecule has 0 saturated carbocycles. The Bertz CT molecular complexity index is 631. The summed E-state index contributed by atoms with van der Waals surface area (Å²) in [6.45, 7) is 3.48. The summed E-state index contributed by atoms with van der Waals surface area (Å²) >= 11 is 0. The molecule has 1 aromatic carbocycles. The van der Waals surface area contributed by atoms with Crippen molar-refractivity contribution < 1.29 is 0 Å². The third-order valence-corrected chi connectivity index (χ3v) is 3.28. The third kappa shape index (κ3) is 1.70. The number of benzene rings is 1. The summed E-state index contributed by atoms with van der Waals surface area (Å²) in [7, 11) is 0. The van der Waals surface area contributed by atoms with Crippen molar-refractivity contribution in [3.63, 3.8) is 0 Å². The maximum atomic E-state index is 12.3. The Morgan fingerprint density at radius 2 is 2.06 bits per heavy atom. The molecule has 2 heterocycles. The predicted molar refractivity (Wildman–Crippen MR) is 71.8 cm³/mol. The number of fused-ring (bicyclic) bond motifs is 1. The molecule has 2 aromatic rings. The Kier molecular flexibility index (Phi) is 2.63. The highest BCUT2D eigenvalue weighted by Crippen LogP contribution is 2.21. The smallest absolute Gasteiger partial charge is 0.258 e. The van der Waals surface area contributed by atoms with E-state index in [1.165, 1.54) is 0 Å². The van der Waals surface area contributed by atoms with Crippen molar-refractivity contribution in [3.8, 4) is 11.3 Å². The molecule has 1 N–H and O–H groups in total. The van der Waals surface area contributed by atoms with Crippen molar-refractivity contribution in [1.29, 1.82) is 0 Å². The summed E-state index contributed by atoms with van der Waals surface area (Å²) < 4.78 is 1.73. The molecule has 1 aromatic heterocycles. The summed E-state index contributed by atoms with van der Waals surface area (Å²) in [6.07, 6.45) is 0.971. The molecule has 18 heavy (non-hydrogen) atoms. The number of hydrogen-bond acceptors (Lipinski definition) is 3. The number of aromatic nitrogens is 2. The quantitative estimate of drug-likeness (QED) is 0.831. The molecule has 1 aliphatic heterocycles. The van der Waals surface area contributed by atoms with Crippen molar-refractivity contribution in [2.45, 2.75) is 19.9 Å². The van der Waals surface area contributed by atoms with Crippen LogP contribution in [0.3, 0.4) is 0 Å². The van der Waals surface area contributed by atoms with E-state index in [-0.39, 0.29) is 5.56 Å². The zero-order valence-electron chi connectivity index (χ0n) is 10.3. The first-order chi connectivity index (χ1) is 8.77.